The lowest BCUT2D eigenvalue weighted by molar-refractivity contribution is -0.137. The van der Waals surface area contributed by atoms with Gasteiger partial charge in [0, 0.05) is 17.8 Å². The predicted molar refractivity (Wildman–Crippen MR) is 108 cm³/mol. The summed E-state index contributed by atoms with van der Waals surface area (Å²) in [4.78, 5) is 16.4. The summed E-state index contributed by atoms with van der Waals surface area (Å²) < 4.78 is 40.4. The van der Waals surface area contributed by atoms with E-state index in [0.29, 0.717) is 0 Å². The van der Waals surface area contributed by atoms with Crippen LogP contribution in [-0.2, 0) is 6.18 Å². The second kappa shape index (κ2) is 8.02. The van der Waals surface area contributed by atoms with Gasteiger partial charge in [0.05, 0.1) is 28.8 Å². The number of urea groups is 1. The highest BCUT2D eigenvalue weighted by atomic mass is 35.5. The lowest BCUT2D eigenvalue weighted by Crippen LogP contribution is -2.46. The van der Waals surface area contributed by atoms with Crippen LogP contribution in [0.25, 0.3) is 11.3 Å². The molecule has 3 aromatic rings. The van der Waals surface area contributed by atoms with Crippen LogP contribution in [0.1, 0.15) is 24.4 Å². The molecule has 2 aromatic carbocycles. The number of aromatic nitrogens is 2. The van der Waals surface area contributed by atoms with E-state index in [2.05, 4.69) is 20.2 Å². The summed E-state index contributed by atoms with van der Waals surface area (Å²) in [7, 11) is 0. The third-order valence-electron chi connectivity index (χ3n) is 5.11. The van der Waals surface area contributed by atoms with Crippen molar-refractivity contribution >= 4 is 23.3 Å². The van der Waals surface area contributed by atoms with Crippen molar-refractivity contribution in [2.75, 3.05) is 5.32 Å². The number of carbonyl (C=O) groups excluding carboxylic acids is 1. The topological polar surface area (TPSA) is 59.0 Å². The third kappa shape index (κ3) is 4.28. The lowest BCUT2D eigenvalue weighted by Gasteiger charge is -2.37. The summed E-state index contributed by atoms with van der Waals surface area (Å²) in [6.07, 6.45) is 0.532. The second-order valence-electron chi connectivity index (χ2n) is 7.17. The number of nitrogens with one attached hydrogen (secondary N) is 2. The Morgan fingerprint density at radius 1 is 1.13 bits per heavy atom. The number of carbonyl (C=O) groups is 1. The van der Waals surface area contributed by atoms with E-state index in [1.165, 1.54) is 6.07 Å². The van der Waals surface area contributed by atoms with Gasteiger partial charge in [-0.2, -0.15) is 13.2 Å². The van der Waals surface area contributed by atoms with Crippen LogP contribution in [0.3, 0.4) is 0 Å². The fraction of sp³-hybridized carbons (Fsp3) is 0.238. The zero-order valence-corrected chi connectivity index (χ0v) is 16.4. The van der Waals surface area contributed by atoms with E-state index in [0.717, 1.165) is 36.2 Å². The SMILES string of the molecule is O=C(Nc1ccc(C(F)(F)F)c(Cl)c1)NC1CC(n2cncc2-c2ccccc2)C1. The van der Waals surface area contributed by atoms with Gasteiger partial charge in [-0.3, -0.25) is 0 Å². The van der Waals surface area contributed by atoms with E-state index < -0.39 is 22.8 Å². The summed E-state index contributed by atoms with van der Waals surface area (Å²) in [5.74, 6) is 0. The monoisotopic (exact) mass is 434 g/mol. The van der Waals surface area contributed by atoms with E-state index in [9.17, 15) is 18.0 Å². The molecule has 0 unspecified atom stereocenters. The lowest BCUT2D eigenvalue weighted by atomic mass is 9.86. The highest BCUT2D eigenvalue weighted by Gasteiger charge is 2.34. The minimum atomic E-state index is -4.54. The molecule has 2 N–H and O–H groups in total. The molecule has 0 saturated heterocycles. The zero-order valence-electron chi connectivity index (χ0n) is 15.7. The first-order chi connectivity index (χ1) is 14.3. The minimum Gasteiger partial charge on any atom is -0.335 e. The maximum atomic E-state index is 12.8. The highest BCUT2D eigenvalue weighted by molar-refractivity contribution is 6.31. The van der Waals surface area contributed by atoms with E-state index in [1.807, 2.05) is 36.5 Å². The van der Waals surface area contributed by atoms with Crippen molar-refractivity contribution in [1.82, 2.24) is 14.9 Å². The largest absolute Gasteiger partial charge is 0.417 e. The Hall–Kier alpha value is -3.00. The first-order valence-corrected chi connectivity index (χ1v) is 9.70. The number of halogens is 4. The molecule has 0 aliphatic heterocycles. The van der Waals surface area contributed by atoms with Crippen molar-refractivity contribution < 1.29 is 18.0 Å². The summed E-state index contributed by atoms with van der Waals surface area (Å²) in [6, 6.07) is 12.7. The molecule has 30 heavy (non-hydrogen) atoms. The van der Waals surface area contributed by atoms with E-state index in [4.69, 9.17) is 11.6 Å². The maximum absolute atomic E-state index is 12.8. The average molecular weight is 435 g/mol. The summed E-state index contributed by atoms with van der Waals surface area (Å²) >= 11 is 5.68. The molecule has 1 heterocycles. The number of imidazole rings is 1. The highest BCUT2D eigenvalue weighted by Crippen LogP contribution is 2.37. The average Bonchev–Trinajstić information content (AvgIpc) is 3.13. The molecule has 1 fully saturated rings. The second-order valence-corrected chi connectivity index (χ2v) is 7.57. The number of anilines is 1. The molecule has 5 nitrogen and oxygen atoms in total. The van der Waals surface area contributed by atoms with Crippen LogP contribution in [0.2, 0.25) is 5.02 Å². The van der Waals surface area contributed by atoms with Gasteiger partial charge >= 0.3 is 12.2 Å². The van der Waals surface area contributed by atoms with Gasteiger partial charge in [0.1, 0.15) is 0 Å². The summed E-state index contributed by atoms with van der Waals surface area (Å²) in [5.41, 5.74) is 1.35. The molecule has 1 saturated carbocycles. The molecule has 0 bridgehead atoms. The van der Waals surface area contributed by atoms with E-state index in [1.54, 1.807) is 6.33 Å². The van der Waals surface area contributed by atoms with Crippen molar-refractivity contribution in [3.8, 4) is 11.3 Å². The van der Waals surface area contributed by atoms with Gasteiger partial charge in [-0.25, -0.2) is 9.78 Å². The molecule has 9 heteroatoms. The molecule has 1 aliphatic rings. The van der Waals surface area contributed by atoms with Crippen molar-refractivity contribution in [3.63, 3.8) is 0 Å². The smallest absolute Gasteiger partial charge is 0.335 e. The number of alkyl halides is 3. The van der Waals surface area contributed by atoms with Crippen LogP contribution >= 0.6 is 11.6 Å². The Bertz CT molecular complexity index is 1050. The van der Waals surface area contributed by atoms with E-state index >= 15 is 0 Å². The number of amides is 2. The van der Waals surface area contributed by atoms with Gasteiger partial charge in [0.15, 0.2) is 0 Å². The molecule has 4 rings (SSSR count). The number of nitrogens with zero attached hydrogens (tertiary/aromatic N) is 2. The van der Waals surface area contributed by atoms with Crippen molar-refractivity contribution in [2.45, 2.75) is 31.1 Å². The maximum Gasteiger partial charge on any atom is 0.417 e. The molecule has 0 atom stereocenters. The normalized spacial score (nSPS) is 18.5. The molecule has 156 valence electrons. The van der Waals surface area contributed by atoms with Gasteiger partial charge in [-0.1, -0.05) is 41.9 Å². The Kier molecular flexibility index (Phi) is 5.42. The molecule has 1 aliphatic carbocycles. The summed E-state index contributed by atoms with van der Waals surface area (Å²) in [5, 5.41) is 4.90. The van der Waals surface area contributed by atoms with Crippen LogP contribution in [0, 0.1) is 0 Å². The Labute approximate surface area is 175 Å². The number of benzene rings is 2. The summed E-state index contributed by atoms with van der Waals surface area (Å²) in [6.45, 7) is 0. The van der Waals surface area contributed by atoms with Gasteiger partial charge in [-0.15, -0.1) is 0 Å². The Morgan fingerprint density at radius 3 is 2.53 bits per heavy atom. The van der Waals surface area contributed by atoms with Gasteiger partial charge < -0.3 is 15.2 Å². The number of hydrogen-bond donors (Lipinski definition) is 2. The minimum absolute atomic E-state index is 0.0362. The molecule has 2 amide bonds. The molecular formula is C21H18ClF3N4O. The zero-order chi connectivity index (χ0) is 21.3. The number of hydrogen-bond acceptors (Lipinski definition) is 2. The van der Waals surface area contributed by atoms with Gasteiger partial charge in [0.2, 0.25) is 0 Å². The Balaban J connectivity index is 1.32. The predicted octanol–water partition coefficient (Wildman–Crippen LogP) is 5.75. The first-order valence-electron chi connectivity index (χ1n) is 9.33. The van der Waals surface area contributed by atoms with Gasteiger partial charge in [-0.05, 0) is 36.6 Å². The molecule has 0 radical (unpaired) electrons. The molecule has 1 aromatic heterocycles. The van der Waals surface area contributed by atoms with Crippen LogP contribution in [0.4, 0.5) is 23.7 Å². The molecule has 0 spiro atoms. The van der Waals surface area contributed by atoms with Crippen LogP contribution in [0.15, 0.2) is 61.1 Å². The van der Waals surface area contributed by atoms with Crippen LogP contribution in [0.5, 0.6) is 0 Å². The van der Waals surface area contributed by atoms with Crippen LogP contribution in [-0.4, -0.2) is 21.6 Å². The van der Waals surface area contributed by atoms with E-state index in [-0.39, 0.29) is 17.8 Å². The third-order valence-corrected chi connectivity index (χ3v) is 5.42. The molecular weight excluding hydrogens is 417 g/mol. The van der Waals surface area contributed by atoms with Crippen molar-refractivity contribution in [1.29, 1.82) is 0 Å². The van der Waals surface area contributed by atoms with Crippen LogP contribution < -0.4 is 10.6 Å². The van der Waals surface area contributed by atoms with Crippen molar-refractivity contribution in [2.24, 2.45) is 0 Å². The number of rotatable bonds is 4. The van der Waals surface area contributed by atoms with Crippen molar-refractivity contribution in [3.05, 3.63) is 71.6 Å². The first kappa shape index (κ1) is 20.3. The fourth-order valence-corrected chi connectivity index (χ4v) is 3.82. The standard InChI is InChI=1S/C21H18ClF3N4O/c22-18-10-14(6-7-17(18)21(23,24)25)27-20(30)28-15-8-16(9-15)29-12-26-11-19(29)13-4-2-1-3-5-13/h1-7,10-12,15-16H,8-9H2,(H2,27,28,30). The Morgan fingerprint density at radius 2 is 1.87 bits per heavy atom. The quantitative estimate of drug-likeness (QED) is 0.549. The fourth-order valence-electron chi connectivity index (χ4n) is 3.54. The van der Waals surface area contributed by atoms with Gasteiger partial charge in [0.25, 0.3) is 0 Å².